The smallest absolute Gasteiger partial charge is 0.358 e. The number of esters is 1. The van der Waals surface area contributed by atoms with Crippen LogP contribution in [0.15, 0.2) is 60.8 Å². The summed E-state index contributed by atoms with van der Waals surface area (Å²) in [6.07, 6.45) is 8.82. The van der Waals surface area contributed by atoms with E-state index < -0.39 is 11.6 Å². The van der Waals surface area contributed by atoms with E-state index in [1.807, 2.05) is 75.5 Å². The number of fused-ring (bicyclic) bond motifs is 2. The maximum atomic E-state index is 13.8. The highest BCUT2D eigenvalue weighted by Gasteiger charge is 2.31. The molecule has 1 N–H and O–H groups in total. The molecule has 7 rings (SSSR count). The minimum absolute atomic E-state index is 0.190. The zero-order chi connectivity index (χ0) is 34.3. The number of nitrogens with one attached hydrogen (secondary N) is 1. The van der Waals surface area contributed by atoms with Crippen LogP contribution in [0.25, 0.3) is 21.3 Å². The monoisotopic (exact) mass is 676 g/mol. The van der Waals surface area contributed by atoms with Gasteiger partial charge in [0.15, 0.2) is 10.8 Å². The molecule has 0 spiro atoms. The van der Waals surface area contributed by atoms with Crippen molar-refractivity contribution in [1.29, 1.82) is 0 Å². The molecule has 254 valence electrons. The normalized spacial score (nSPS) is 16.0. The number of hydrogen-bond donors (Lipinski definition) is 1. The molecule has 9 nitrogen and oxygen atoms in total. The van der Waals surface area contributed by atoms with E-state index in [1.165, 1.54) is 43.4 Å². The molecule has 1 saturated carbocycles. The van der Waals surface area contributed by atoms with Crippen LogP contribution < -0.4 is 10.2 Å². The number of benzene rings is 2. The molecular weight excluding hydrogens is 633 g/mol. The Morgan fingerprint density at radius 3 is 2.55 bits per heavy atom. The first-order valence-electron chi connectivity index (χ1n) is 17.3. The molecule has 1 amide bonds. The third-order valence-electron chi connectivity index (χ3n) is 9.81. The Labute approximate surface area is 291 Å². The second-order valence-electron chi connectivity index (χ2n) is 14.8. The van der Waals surface area contributed by atoms with E-state index in [9.17, 15) is 9.59 Å². The lowest BCUT2D eigenvalue weighted by molar-refractivity contribution is 0.00638. The van der Waals surface area contributed by atoms with Gasteiger partial charge >= 0.3 is 5.97 Å². The summed E-state index contributed by atoms with van der Waals surface area (Å²) >= 11 is 1.46. The van der Waals surface area contributed by atoms with Crippen molar-refractivity contribution in [3.05, 3.63) is 88.9 Å². The van der Waals surface area contributed by atoms with Crippen LogP contribution >= 0.6 is 11.3 Å². The maximum Gasteiger partial charge on any atom is 0.358 e. The van der Waals surface area contributed by atoms with Crippen molar-refractivity contribution in [2.45, 2.75) is 91.8 Å². The van der Waals surface area contributed by atoms with E-state index in [-0.39, 0.29) is 17.0 Å². The van der Waals surface area contributed by atoms with E-state index in [0.717, 1.165) is 45.6 Å². The number of rotatable bonds is 7. The summed E-state index contributed by atoms with van der Waals surface area (Å²) in [7, 11) is 0. The van der Waals surface area contributed by atoms with Crippen molar-refractivity contribution in [2.75, 3.05) is 16.8 Å². The summed E-state index contributed by atoms with van der Waals surface area (Å²) in [4.78, 5) is 39.1. The highest BCUT2D eigenvalue weighted by atomic mass is 32.1. The molecule has 49 heavy (non-hydrogen) atoms. The maximum absolute atomic E-state index is 13.8. The Bertz CT molecular complexity index is 2000. The highest BCUT2D eigenvalue weighted by molar-refractivity contribution is 7.22. The molecule has 0 radical (unpaired) electrons. The van der Waals surface area contributed by atoms with E-state index in [0.29, 0.717) is 35.2 Å². The van der Waals surface area contributed by atoms with Gasteiger partial charge in [-0.15, -0.1) is 0 Å². The molecule has 0 bridgehead atoms. The van der Waals surface area contributed by atoms with Gasteiger partial charge in [-0.3, -0.25) is 14.8 Å². The van der Waals surface area contributed by atoms with Crippen LogP contribution in [0.5, 0.6) is 0 Å². The van der Waals surface area contributed by atoms with Crippen LogP contribution in [0.2, 0.25) is 0 Å². The van der Waals surface area contributed by atoms with Gasteiger partial charge in [-0.25, -0.2) is 14.8 Å². The average Bonchev–Trinajstić information content (AvgIpc) is 3.65. The van der Waals surface area contributed by atoms with Crippen LogP contribution in [0.1, 0.15) is 97.5 Å². The SMILES string of the molecule is Cc1c(-c2ccc(N3CCc4cccc(C(=O)Nc5nc6ccccc6s5)c4C3)nc2C(=O)OC(C)(C)C)cnn1CC1(C)CCCCC1. The Kier molecular flexibility index (Phi) is 8.77. The summed E-state index contributed by atoms with van der Waals surface area (Å²) < 4.78 is 9.01. The lowest BCUT2D eigenvalue weighted by atomic mass is 9.76. The summed E-state index contributed by atoms with van der Waals surface area (Å²) in [6.45, 7) is 12.1. The van der Waals surface area contributed by atoms with Gasteiger partial charge in [0.2, 0.25) is 0 Å². The first-order valence-corrected chi connectivity index (χ1v) is 18.1. The fourth-order valence-corrected chi connectivity index (χ4v) is 8.06. The van der Waals surface area contributed by atoms with E-state index in [4.69, 9.17) is 14.8 Å². The van der Waals surface area contributed by atoms with Crippen LogP contribution in [-0.4, -0.2) is 43.8 Å². The zero-order valence-electron chi connectivity index (χ0n) is 29.0. The van der Waals surface area contributed by atoms with Crippen molar-refractivity contribution >= 4 is 44.4 Å². The number of para-hydroxylation sites is 1. The van der Waals surface area contributed by atoms with Gasteiger partial charge in [-0.2, -0.15) is 5.10 Å². The molecule has 2 aliphatic rings. The number of ether oxygens (including phenoxy) is 1. The van der Waals surface area contributed by atoms with Crippen molar-refractivity contribution < 1.29 is 14.3 Å². The molecule has 1 aliphatic heterocycles. The van der Waals surface area contributed by atoms with Gasteiger partial charge in [0.25, 0.3) is 5.91 Å². The van der Waals surface area contributed by atoms with Crippen LogP contribution in [-0.2, 0) is 24.2 Å². The van der Waals surface area contributed by atoms with Gasteiger partial charge in [0, 0.05) is 42.0 Å². The molecule has 1 aliphatic carbocycles. The Morgan fingerprint density at radius 2 is 1.78 bits per heavy atom. The standard InChI is InChI=1S/C39H44N6O3S/c1-25-29(22-40-45(25)24-39(5)19-9-6-10-20-39)27-16-17-33(42-34(27)36(47)48-38(2,3)4)44-21-18-26-12-11-13-28(30(26)23-44)35(46)43-37-41-31-14-7-8-15-32(31)49-37/h7-8,11-17,22H,6,9-10,18-21,23-24H2,1-5H3,(H,41,43,46). The van der Waals surface area contributed by atoms with Crippen LogP contribution in [0.4, 0.5) is 10.9 Å². The van der Waals surface area contributed by atoms with Crippen LogP contribution in [0.3, 0.4) is 0 Å². The number of pyridine rings is 1. The largest absolute Gasteiger partial charge is 0.455 e. The predicted octanol–water partition coefficient (Wildman–Crippen LogP) is 8.60. The fourth-order valence-electron chi connectivity index (χ4n) is 7.20. The number of thiazole rings is 1. The Hall–Kier alpha value is -4.57. The average molecular weight is 677 g/mol. The molecule has 1 fully saturated rings. The molecule has 5 aromatic rings. The molecule has 0 atom stereocenters. The molecule has 10 heteroatoms. The van der Waals surface area contributed by atoms with Gasteiger partial charge < -0.3 is 9.64 Å². The predicted molar refractivity (Wildman–Crippen MR) is 195 cm³/mol. The van der Waals surface area contributed by atoms with E-state index in [2.05, 4.69) is 39.8 Å². The summed E-state index contributed by atoms with van der Waals surface area (Å²) in [5.74, 6) is 0.00513. The molecule has 3 aromatic heterocycles. The van der Waals surface area contributed by atoms with E-state index >= 15 is 0 Å². The number of carbonyl (C=O) groups excluding carboxylic acids is 2. The second-order valence-corrected chi connectivity index (χ2v) is 15.8. The molecule has 4 heterocycles. The van der Waals surface area contributed by atoms with E-state index in [1.54, 1.807) is 0 Å². The third kappa shape index (κ3) is 6.97. The number of amides is 1. The van der Waals surface area contributed by atoms with Gasteiger partial charge in [0.1, 0.15) is 11.4 Å². The van der Waals surface area contributed by atoms with Gasteiger partial charge in [-0.1, -0.05) is 61.8 Å². The summed E-state index contributed by atoms with van der Waals surface area (Å²) in [5.41, 5.74) is 5.97. The summed E-state index contributed by atoms with van der Waals surface area (Å²) in [5, 5.41) is 8.39. The lowest BCUT2D eigenvalue weighted by Crippen LogP contribution is -2.33. The van der Waals surface area contributed by atoms with Crippen molar-refractivity contribution in [2.24, 2.45) is 5.41 Å². The number of nitrogens with zero attached hydrogens (tertiary/aromatic N) is 5. The third-order valence-corrected chi connectivity index (χ3v) is 10.8. The second kappa shape index (κ2) is 13.0. The number of anilines is 2. The van der Waals surface area contributed by atoms with Crippen molar-refractivity contribution in [3.8, 4) is 11.1 Å². The molecule has 2 aromatic carbocycles. The summed E-state index contributed by atoms with van der Waals surface area (Å²) in [6, 6.07) is 17.7. The first-order chi connectivity index (χ1) is 23.5. The molecular formula is C39H44N6O3S. The van der Waals surface area contributed by atoms with Gasteiger partial charge in [0.05, 0.1) is 16.4 Å². The quantitative estimate of drug-likeness (QED) is 0.172. The fraction of sp³-hybridized carbons (Fsp3) is 0.410. The minimum Gasteiger partial charge on any atom is -0.455 e. The Morgan fingerprint density at radius 1 is 0.980 bits per heavy atom. The number of hydrogen-bond acceptors (Lipinski definition) is 8. The number of carbonyl (C=O) groups is 2. The highest BCUT2D eigenvalue weighted by Crippen LogP contribution is 2.39. The molecule has 0 unspecified atom stereocenters. The number of aromatic nitrogens is 4. The van der Waals surface area contributed by atoms with Crippen molar-refractivity contribution in [3.63, 3.8) is 0 Å². The zero-order valence-corrected chi connectivity index (χ0v) is 29.8. The van der Waals surface area contributed by atoms with Gasteiger partial charge in [-0.05, 0) is 93.8 Å². The van der Waals surface area contributed by atoms with Crippen molar-refractivity contribution in [1.82, 2.24) is 19.7 Å². The minimum atomic E-state index is -0.684. The van der Waals surface area contributed by atoms with Crippen LogP contribution in [0, 0.1) is 12.3 Å². The molecule has 0 saturated heterocycles. The topological polar surface area (TPSA) is 102 Å². The first kappa shape index (κ1) is 33.0. The lowest BCUT2D eigenvalue weighted by Gasteiger charge is -2.33. The Balaban J connectivity index is 1.18.